The van der Waals surface area contributed by atoms with Crippen LogP contribution in [-0.2, 0) is 0 Å². The van der Waals surface area contributed by atoms with Gasteiger partial charge in [-0.25, -0.2) is 0 Å². The highest BCUT2D eigenvalue weighted by atomic mass is 16.4. The van der Waals surface area contributed by atoms with Crippen LogP contribution in [0, 0.1) is 12.8 Å². The van der Waals surface area contributed by atoms with Gasteiger partial charge in [-0.2, -0.15) is 0 Å². The van der Waals surface area contributed by atoms with Gasteiger partial charge in [0.05, 0.1) is 0 Å². The van der Waals surface area contributed by atoms with E-state index in [1.54, 1.807) is 0 Å². The molecule has 1 saturated carbocycles. The van der Waals surface area contributed by atoms with Gasteiger partial charge < -0.3 is 9.73 Å². The molecule has 5 nitrogen and oxygen atoms in total. The molecule has 1 heterocycles. The Morgan fingerprint density at radius 3 is 2.60 bits per heavy atom. The van der Waals surface area contributed by atoms with E-state index in [1.165, 1.54) is 19.2 Å². The van der Waals surface area contributed by atoms with Gasteiger partial charge in [0.15, 0.2) is 0 Å². The van der Waals surface area contributed by atoms with E-state index in [0.717, 1.165) is 28.8 Å². The zero-order chi connectivity index (χ0) is 17.2. The maximum absolute atomic E-state index is 12.2. The van der Waals surface area contributed by atoms with Crippen molar-refractivity contribution in [3.63, 3.8) is 0 Å². The number of hydrogen-bond donors (Lipinski definition) is 1. The van der Waals surface area contributed by atoms with Gasteiger partial charge in [0.1, 0.15) is 0 Å². The summed E-state index contributed by atoms with van der Waals surface area (Å²) in [6, 6.07) is 13.7. The fourth-order valence-electron chi connectivity index (χ4n) is 2.83. The molecule has 0 radical (unpaired) electrons. The summed E-state index contributed by atoms with van der Waals surface area (Å²) in [5, 5.41) is 10.7. The van der Waals surface area contributed by atoms with Crippen LogP contribution in [0.25, 0.3) is 22.6 Å². The van der Waals surface area contributed by atoms with Crippen molar-refractivity contribution < 1.29 is 9.21 Å². The standard InChI is InChI=1S/C20H19N3O2/c1-13-2-5-17(20-23-22-12-25-20)10-18(13)15-6-8-16(9-7-15)19(24)21-11-14-3-4-14/h2,5-10,12,14H,3-4,11H2,1H3,(H,21,24). The number of carbonyl (C=O) groups is 1. The van der Waals surface area contributed by atoms with Gasteiger partial charge in [0.2, 0.25) is 12.3 Å². The lowest BCUT2D eigenvalue weighted by atomic mass is 9.97. The van der Waals surface area contributed by atoms with E-state index in [-0.39, 0.29) is 5.91 Å². The van der Waals surface area contributed by atoms with E-state index in [0.29, 0.717) is 17.4 Å². The summed E-state index contributed by atoms with van der Waals surface area (Å²) in [4.78, 5) is 12.2. The zero-order valence-electron chi connectivity index (χ0n) is 14.0. The van der Waals surface area contributed by atoms with Crippen LogP contribution < -0.4 is 5.32 Å². The van der Waals surface area contributed by atoms with Crippen molar-refractivity contribution in [2.75, 3.05) is 6.54 Å². The first-order valence-electron chi connectivity index (χ1n) is 8.46. The minimum Gasteiger partial charge on any atom is -0.423 e. The third-order valence-corrected chi connectivity index (χ3v) is 4.55. The van der Waals surface area contributed by atoms with E-state index in [9.17, 15) is 4.79 Å². The molecule has 4 rings (SSSR count). The first kappa shape index (κ1) is 15.6. The van der Waals surface area contributed by atoms with Crippen molar-refractivity contribution in [2.24, 2.45) is 5.92 Å². The quantitative estimate of drug-likeness (QED) is 0.770. The summed E-state index contributed by atoms with van der Waals surface area (Å²) in [5.41, 5.74) is 4.85. The van der Waals surface area contributed by atoms with Crippen molar-refractivity contribution >= 4 is 5.91 Å². The van der Waals surface area contributed by atoms with Gasteiger partial charge in [-0.15, -0.1) is 10.2 Å². The van der Waals surface area contributed by atoms with Gasteiger partial charge in [-0.05, 0) is 66.6 Å². The van der Waals surface area contributed by atoms with E-state index < -0.39 is 0 Å². The molecule has 0 spiro atoms. The monoisotopic (exact) mass is 333 g/mol. The van der Waals surface area contributed by atoms with Crippen LogP contribution in [0.3, 0.4) is 0 Å². The van der Waals surface area contributed by atoms with Crippen LogP contribution in [0.5, 0.6) is 0 Å². The van der Waals surface area contributed by atoms with Gasteiger partial charge in [-0.3, -0.25) is 4.79 Å². The van der Waals surface area contributed by atoms with Crippen LogP contribution in [0.15, 0.2) is 53.3 Å². The molecule has 3 aromatic rings. The molecule has 1 fully saturated rings. The molecule has 1 aliphatic carbocycles. The Morgan fingerprint density at radius 1 is 1.16 bits per heavy atom. The predicted octanol–water partition coefficient (Wildman–Crippen LogP) is 3.85. The number of carbonyl (C=O) groups excluding carboxylic acids is 1. The Labute approximate surface area is 146 Å². The number of nitrogens with one attached hydrogen (secondary N) is 1. The third-order valence-electron chi connectivity index (χ3n) is 4.55. The van der Waals surface area contributed by atoms with Gasteiger partial charge in [0.25, 0.3) is 5.91 Å². The SMILES string of the molecule is Cc1ccc(-c2nnco2)cc1-c1ccc(C(=O)NCC2CC2)cc1. The first-order chi connectivity index (χ1) is 12.2. The number of amides is 1. The highest BCUT2D eigenvalue weighted by Gasteiger charge is 2.21. The fraction of sp³-hybridized carbons (Fsp3) is 0.250. The molecule has 25 heavy (non-hydrogen) atoms. The second-order valence-electron chi connectivity index (χ2n) is 6.50. The summed E-state index contributed by atoms with van der Waals surface area (Å²) in [6.45, 7) is 2.84. The molecular weight excluding hydrogens is 314 g/mol. The number of rotatable bonds is 5. The van der Waals surface area contributed by atoms with Gasteiger partial charge in [0, 0.05) is 17.7 Å². The van der Waals surface area contributed by atoms with Crippen molar-refractivity contribution in [1.82, 2.24) is 15.5 Å². The molecule has 1 amide bonds. The van der Waals surface area contributed by atoms with Crippen molar-refractivity contribution in [1.29, 1.82) is 0 Å². The lowest BCUT2D eigenvalue weighted by Gasteiger charge is -2.09. The summed E-state index contributed by atoms with van der Waals surface area (Å²) in [6.07, 6.45) is 3.79. The van der Waals surface area contributed by atoms with E-state index in [1.807, 2.05) is 42.5 Å². The van der Waals surface area contributed by atoms with Crippen LogP contribution in [0.1, 0.15) is 28.8 Å². The predicted molar refractivity (Wildman–Crippen MR) is 95.0 cm³/mol. The van der Waals surface area contributed by atoms with E-state index in [2.05, 4.69) is 22.4 Å². The van der Waals surface area contributed by atoms with Crippen LogP contribution in [0.4, 0.5) is 0 Å². The second-order valence-corrected chi connectivity index (χ2v) is 6.50. The van der Waals surface area contributed by atoms with Crippen LogP contribution in [0.2, 0.25) is 0 Å². The highest BCUT2D eigenvalue weighted by molar-refractivity contribution is 5.94. The summed E-state index contributed by atoms with van der Waals surface area (Å²) >= 11 is 0. The number of nitrogens with zero attached hydrogens (tertiary/aromatic N) is 2. The number of hydrogen-bond acceptors (Lipinski definition) is 4. The normalized spacial score (nSPS) is 13.6. The molecule has 2 aromatic carbocycles. The van der Waals surface area contributed by atoms with Crippen LogP contribution in [-0.4, -0.2) is 22.6 Å². The van der Waals surface area contributed by atoms with Crippen molar-refractivity contribution in [3.05, 3.63) is 60.0 Å². The molecule has 0 atom stereocenters. The average molecular weight is 333 g/mol. The van der Waals surface area contributed by atoms with Gasteiger partial charge in [-0.1, -0.05) is 18.2 Å². The molecule has 0 unspecified atom stereocenters. The number of aromatic nitrogens is 2. The minimum atomic E-state index is -0.00483. The summed E-state index contributed by atoms with van der Waals surface area (Å²) < 4.78 is 5.28. The Morgan fingerprint density at radius 2 is 1.92 bits per heavy atom. The molecule has 0 aliphatic heterocycles. The molecule has 5 heteroatoms. The molecule has 1 aliphatic rings. The van der Waals surface area contributed by atoms with Gasteiger partial charge >= 0.3 is 0 Å². The number of benzene rings is 2. The van der Waals surface area contributed by atoms with Crippen molar-refractivity contribution in [3.8, 4) is 22.6 Å². The minimum absolute atomic E-state index is 0.00483. The highest BCUT2D eigenvalue weighted by Crippen LogP contribution is 2.29. The van der Waals surface area contributed by atoms with E-state index >= 15 is 0 Å². The van der Waals surface area contributed by atoms with Crippen LogP contribution >= 0.6 is 0 Å². The lowest BCUT2D eigenvalue weighted by Crippen LogP contribution is -2.25. The number of aryl methyl sites for hydroxylation is 1. The Hall–Kier alpha value is -2.95. The van der Waals surface area contributed by atoms with Crippen molar-refractivity contribution in [2.45, 2.75) is 19.8 Å². The third kappa shape index (κ3) is 3.45. The lowest BCUT2D eigenvalue weighted by molar-refractivity contribution is 0.0952. The summed E-state index contributed by atoms with van der Waals surface area (Å²) in [7, 11) is 0. The zero-order valence-corrected chi connectivity index (χ0v) is 14.0. The second kappa shape index (κ2) is 6.51. The Balaban J connectivity index is 1.57. The van der Waals surface area contributed by atoms with E-state index in [4.69, 9.17) is 4.42 Å². The molecule has 126 valence electrons. The topological polar surface area (TPSA) is 68.0 Å². The Kier molecular flexibility index (Phi) is 4.06. The average Bonchev–Trinajstić information content (AvgIpc) is 3.31. The molecule has 1 aromatic heterocycles. The fourth-order valence-corrected chi connectivity index (χ4v) is 2.83. The first-order valence-corrected chi connectivity index (χ1v) is 8.46. The maximum atomic E-state index is 12.2. The molecule has 1 N–H and O–H groups in total. The Bertz CT molecular complexity index is 882. The largest absolute Gasteiger partial charge is 0.423 e. The molecule has 0 bridgehead atoms. The molecule has 0 saturated heterocycles. The maximum Gasteiger partial charge on any atom is 0.251 e. The smallest absolute Gasteiger partial charge is 0.251 e. The molecular formula is C20H19N3O2. The summed E-state index contributed by atoms with van der Waals surface area (Å²) in [5.74, 6) is 1.17.